The molecule has 0 radical (unpaired) electrons. The summed E-state index contributed by atoms with van der Waals surface area (Å²) in [5.74, 6) is 2.76. The molecule has 2 nitrogen and oxygen atoms in total. The smallest absolute Gasteiger partial charge is 0.129 e. The Labute approximate surface area is 142 Å². The molecule has 0 aliphatic carbocycles. The first-order chi connectivity index (χ1) is 10.8. The number of para-hydroxylation sites is 1. The van der Waals surface area contributed by atoms with E-state index in [1.54, 1.807) is 6.92 Å². The third kappa shape index (κ3) is 6.37. The van der Waals surface area contributed by atoms with Crippen LogP contribution in [-0.2, 0) is 4.79 Å². The number of Topliss-reactive ketones (excluding diaryl/α,β-unsaturated/α-hetero) is 1. The van der Waals surface area contributed by atoms with Gasteiger partial charge >= 0.3 is 0 Å². The molecule has 2 atom stereocenters. The first-order valence-corrected chi connectivity index (χ1v) is 9.08. The van der Waals surface area contributed by atoms with Crippen molar-refractivity contribution in [3.63, 3.8) is 0 Å². The molecular formula is C21H34O2. The molecule has 1 aliphatic heterocycles. The molecular weight excluding hydrogens is 284 g/mol. The lowest BCUT2D eigenvalue weighted by atomic mass is 9.76. The van der Waals surface area contributed by atoms with Crippen molar-refractivity contribution in [3.05, 3.63) is 29.8 Å². The van der Waals surface area contributed by atoms with Crippen LogP contribution in [0.1, 0.15) is 85.1 Å². The van der Waals surface area contributed by atoms with E-state index in [1.807, 2.05) is 0 Å². The van der Waals surface area contributed by atoms with Gasteiger partial charge in [0, 0.05) is 6.42 Å². The highest BCUT2D eigenvalue weighted by Gasteiger charge is 2.35. The van der Waals surface area contributed by atoms with E-state index >= 15 is 0 Å². The average Bonchev–Trinajstić information content (AvgIpc) is 2.51. The van der Waals surface area contributed by atoms with E-state index in [0.29, 0.717) is 11.7 Å². The summed E-state index contributed by atoms with van der Waals surface area (Å²) in [6, 6.07) is 8.51. The quantitative estimate of drug-likeness (QED) is 0.651. The molecule has 0 bridgehead atoms. The molecule has 0 saturated heterocycles. The Hall–Kier alpha value is -1.31. The molecule has 0 amide bonds. The molecule has 23 heavy (non-hydrogen) atoms. The summed E-state index contributed by atoms with van der Waals surface area (Å²) in [5.41, 5.74) is 1.37. The van der Waals surface area contributed by atoms with Gasteiger partial charge in [-0.25, -0.2) is 0 Å². The molecule has 1 aliphatic rings. The second-order valence-electron chi connectivity index (χ2n) is 7.40. The van der Waals surface area contributed by atoms with Crippen molar-refractivity contribution in [2.75, 3.05) is 0 Å². The van der Waals surface area contributed by atoms with Gasteiger partial charge in [0.15, 0.2) is 0 Å². The average molecular weight is 319 g/mol. The van der Waals surface area contributed by atoms with Crippen LogP contribution in [-0.4, -0.2) is 11.4 Å². The number of hydrogen-bond donors (Lipinski definition) is 0. The number of ketones is 1. The molecule has 0 saturated carbocycles. The number of benzene rings is 1. The van der Waals surface area contributed by atoms with Gasteiger partial charge in [0.05, 0.1) is 0 Å². The van der Waals surface area contributed by atoms with Crippen LogP contribution in [0.5, 0.6) is 5.75 Å². The van der Waals surface area contributed by atoms with Crippen LogP contribution in [0, 0.1) is 5.92 Å². The summed E-state index contributed by atoms with van der Waals surface area (Å²) < 4.78 is 6.04. The zero-order valence-electron chi connectivity index (χ0n) is 15.8. The summed E-state index contributed by atoms with van der Waals surface area (Å²) in [4.78, 5) is 10.2. The lowest BCUT2D eigenvalue weighted by Gasteiger charge is -2.40. The Morgan fingerprint density at radius 2 is 1.96 bits per heavy atom. The van der Waals surface area contributed by atoms with Crippen molar-refractivity contribution < 1.29 is 9.53 Å². The molecule has 1 aromatic carbocycles. The zero-order valence-corrected chi connectivity index (χ0v) is 15.8. The Bertz CT molecular complexity index is 490. The third-order valence-electron chi connectivity index (χ3n) is 4.63. The molecule has 2 heteroatoms. The molecule has 0 aromatic heterocycles. The van der Waals surface area contributed by atoms with Gasteiger partial charge in [0.2, 0.25) is 0 Å². The van der Waals surface area contributed by atoms with Crippen molar-refractivity contribution in [2.24, 2.45) is 5.92 Å². The molecule has 0 N–H and O–H groups in total. The highest BCUT2D eigenvalue weighted by atomic mass is 16.5. The fourth-order valence-corrected chi connectivity index (χ4v) is 3.08. The van der Waals surface area contributed by atoms with E-state index in [1.165, 1.54) is 12.0 Å². The van der Waals surface area contributed by atoms with E-state index < -0.39 is 0 Å². The molecule has 2 rings (SSSR count). The molecule has 1 heterocycles. The topological polar surface area (TPSA) is 26.3 Å². The predicted molar refractivity (Wildman–Crippen MR) is 98.2 cm³/mol. The van der Waals surface area contributed by atoms with Crippen molar-refractivity contribution in [3.8, 4) is 5.75 Å². The monoisotopic (exact) mass is 318 g/mol. The van der Waals surface area contributed by atoms with Crippen LogP contribution in [0.3, 0.4) is 0 Å². The predicted octanol–water partition coefficient (Wildman–Crippen LogP) is 6.14. The highest BCUT2D eigenvalue weighted by Crippen LogP contribution is 2.44. The van der Waals surface area contributed by atoms with Crippen molar-refractivity contribution in [2.45, 2.75) is 85.2 Å². The highest BCUT2D eigenvalue weighted by molar-refractivity contribution is 5.75. The minimum Gasteiger partial charge on any atom is -0.488 e. The third-order valence-corrected chi connectivity index (χ3v) is 4.63. The van der Waals surface area contributed by atoms with Gasteiger partial charge in [-0.3, -0.25) is 0 Å². The van der Waals surface area contributed by atoms with Crippen LogP contribution in [0.2, 0.25) is 0 Å². The lowest BCUT2D eigenvalue weighted by molar-refractivity contribution is -0.117. The van der Waals surface area contributed by atoms with Gasteiger partial charge in [-0.05, 0) is 57.1 Å². The Kier molecular flexibility index (Phi) is 7.81. The van der Waals surface area contributed by atoms with E-state index in [2.05, 4.69) is 58.9 Å². The van der Waals surface area contributed by atoms with Crippen LogP contribution in [0.15, 0.2) is 24.3 Å². The maximum atomic E-state index is 10.2. The summed E-state index contributed by atoms with van der Waals surface area (Å²) in [6.45, 7) is 12.7. The number of hydrogen-bond acceptors (Lipinski definition) is 2. The Morgan fingerprint density at radius 3 is 2.48 bits per heavy atom. The number of carbonyl (C=O) groups excluding carboxylic acids is 1. The van der Waals surface area contributed by atoms with E-state index in [0.717, 1.165) is 37.4 Å². The SMILES string of the molecule is CCC(C)C1CC(C)(C)Oc2ccccc21.CCCCC(C)=O. The summed E-state index contributed by atoms with van der Waals surface area (Å²) in [6.07, 6.45) is 5.29. The zero-order chi connectivity index (χ0) is 17.5. The number of fused-ring (bicyclic) bond motifs is 1. The first-order valence-electron chi connectivity index (χ1n) is 9.08. The van der Waals surface area contributed by atoms with Crippen LogP contribution in [0.25, 0.3) is 0 Å². The number of unbranched alkanes of at least 4 members (excludes halogenated alkanes) is 1. The second-order valence-corrected chi connectivity index (χ2v) is 7.40. The maximum absolute atomic E-state index is 10.2. The van der Waals surface area contributed by atoms with Crippen LogP contribution in [0.4, 0.5) is 0 Å². The molecule has 130 valence electrons. The van der Waals surface area contributed by atoms with Gasteiger partial charge in [0.1, 0.15) is 17.1 Å². The van der Waals surface area contributed by atoms with Gasteiger partial charge in [0.25, 0.3) is 0 Å². The molecule has 2 unspecified atom stereocenters. The summed E-state index contributed by atoms with van der Waals surface area (Å²) >= 11 is 0. The summed E-state index contributed by atoms with van der Waals surface area (Å²) in [7, 11) is 0. The normalized spacial score (nSPS) is 19.7. The molecule has 1 aromatic rings. The maximum Gasteiger partial charge on any atom is 0.129 e. The number of rotatable bonds is 5. The van der Waals surface area contributed by atoms with E-state index in [9.17, 15) is 4.79 Å². The van der Waals surface area contributed by atoms with Crippen LogP contribution >= 0.6 is 0 Å². The standard InChI is InChI=1S/C15H22O.C6H12O/c1-5-11(2)13-10-15(3,4)16-14-9-7-6-8-12(13)14;1-3-4-5-6(2)7/h6-9,11,13H,5,10H2,1-4H3;3-5H2,1-2H3. The van der Waals surface area contributed by atoms with Crippen molar-refractivity contribution in [1.29, 1.82) is 0 Å². The van der Waals surface area contributed by atoms with Gasteiger partial charge in [-0.2, -0.15) is 0 Å². The first kappa shape index (κ1) is 19.7. The second kappa shape index (κ2) is 9.10. The van der Waals surface area contributed by atoms with Crippen molar-refractivity contribution >= 4 is 5.78 Å². The lowest BCUT2D eigenvalue weighted by Crippen LogP contribution is -2.36. The Balaban J connectivity index is 0.000000322. The number of ether oxygens (including phenoxy) is 1. The van der Waals surface area contributed by atoms with E-state index in [-0.39, 0.29) is 5.60 Å². The minimum absolute atomic E-state index is 0.0253. The van der Waals surface area contributed by atoms with Gasteiger partial charge in [-0.1, -0.05) is 51.8 Å². The number of carbonyl (C=O) groups is 1. The van der Waals surface area contributed by atoms with Gasteiger partial charge < -0.3 is 9.53 Å². The van der Waals surface area contributed by atoms with Gasteiger partial charge in [-0.15, -0.1) is 0 Å². The fourth-order valence-electron chi connectivity index (χ4n) is 3.08. The summed E-state index contributed by atoms with van der Waals surface area (Å²) in [5, 5.41) is 0. The van der Waals surface area contributed by atoms with Crippen LogP contribution < -0.4 is 4.74 Å². The molecule has 0 spiro atoms. The fraction of sp³-hybridized carbons (Fsp3) is 0.667. The van der Waals surface area contributed by atoms with E-state index in [4.69, 9.17) is 4.74 Å². The largest absolute Gasteiger partial charge is 0.488 e. The minimum atomic E-state index is -0.0253. The Morgan fingerprint density at radius 1 is 1.30 bits per heavy atom. The van der Waals surface area contributed by atoms with Crippen molar-refractivity contribution in [1.82, 2.24) is 0 Å². The molecule has 0 fully saturated rings.